The minimum atomic E-state index is 0.614. The van der Waals surface area contributed by atoms with Gasteiger partial charge < -0.3 is 10.5 Å². The number of methoxy groups -OCH3 is 1. The maximum absolute atomic E-state index is 6.34. The Kier molecular flexibility index (Phi) is 4.34. The molecule has 0 aliphatic carbocycles. The van der Waals surface area contributed by atoms with Crippen LogP contribution in [0.5, 0.6) is 5.75 Å². The van der Waals surface area contributed by atoms with Gasteiger partial charge in [-0.05, 0) is 38.4 Å². The van der Waals surface area contributed by atoms with E-state index in [-0.39, 0.29) is 0 Å². The molecule has 2 N–H and O–H groups in total. The Morgan fingerprint density at radius 1 is 1.32 bits per heavy atom. The molecule has 2 aromatic rings. The lowest BCUT2D eigenvalue weighted by Crippen LogP contribution is -2.36. The van der Waals surface area contributed by atoms with E-state index in [2.05, 4.69) is 16.9 Å². The van der Waals surface area contributed by atoms with Crippen molar-refractivity contribution < 1.29 is 4.74 Å². The van der Waals surface area contributed by atoms with E-state index in [0.717, 1.165) is 30.1 Å². The molecule has 118 valence electrons. The van der Waals surface area contributed by atoms with Crippen molar-refractivity contribution in [2.24, 2.45) is 0 Å². The van der Waals surface area contributed by atoms with Crippen LogP contribution >= 0.6 is 0 Å². The largest absolute Gasteiger partial charge is 0.494 e. The molecule has 0 bridgehead atoms. The van der Waals surface area contributed by atoms with Crippen LogP contribution in [0.1, 0.15) is 31.7 Å². The van der Waals surface area contributed by atoms with E-state index in [9.17, 15) is 0 Å². The molecule has 0 saturated carbocycles. The number of rotatable bonds is 4. The smallest absolute Gasteiger partial charge is 0.144 e. The van der Waals surface area contributed by atoms with Crippen molar-refractivity contribution in [3.8, 4) is 11.4 Å². The zero-order chi connectivity index (χ0) is 15.5. The average Bonchev–Trinajstić information content (AvgIpc) is 2.90. The molecular formula is C17H24N4O. The van der Waals surface area contributed by atoms with E-state index in [1.807, 2.05) is 30.5 Å². The van der Waals surface area contributed by atoms with Gasteiger partial charge in [-0.3, -0.25) is 4.90 Å². The summed E-state index contributed by atoms with van der Waals surface area (Å²) in [4.78, 5) is 2.49. The molecule has 1 saturated heterocycles. The van der Waals surface area contributed by atoms with Crippen molar-refractivity contribution in [1.29, 1.82) is 0 Å². The fourth-order valence-corrected chi connectivity index (χ4v) is 3.12. The third-order valence-electron chi connectivity index (χ3n) is 4.51. The van der Waals surface area contributed by atoms with Crippen LogP contribution in [0.15, 0.2) is 30.5 Å². The Bertz CT molecular complexity index is 637. The van der Waals surface area contributed by atoms with E-state index in [4.69, 9.17) is 10.5 Å². The first-order valence-electron chi connectivity index (χ1n) is 7.90. The SMILES string of the molecule is COc1ccccc1-n1ncc(CN2CCCCC2C)c1N. The second-order valence-corrected chi connectivity index (χ2v) is 5.95. The summed E-state index contributed by atoms with van der Waals surface area (Å²) in [7, 11) is 1.66. The fourth-order valence-electron chi connectivity index (χ4n) is 3.12. The van der Waals surface area contributed by atoms with E-state index < -0.39 is 0 Å². The fraction of sp³-hybridized carbons (Fsp3) is 0.471. The van der Waals surface area contributed by atoms with Gasteiger partial charge in [0, 0.05) is 18.2 Å². The molecule has 2 heterocycles. The predicted molar refractivity (Wildman–Crippen MR) is 88.3 cm³/mol. The number of para-hydroxylation sites is 2. The van der Waals surface area contributed by atoms with Gasteiger partial charge in [0.2, 0.25) is 0 Å². The van der Waals surface area contributed by atoms with Crippen molar-refractivity contribution in [1.82, 2.24) is 14.7 Å². The lowest BCUT2D eigenvalue weighted by atomic mass is 10.0. The van der Waals surface area contributed by atoms with Crippen molar-refractivity contribution in [2.75, 3.05) is 19.4 Å². The number of piperidine rings is 1. The highest BCUT2D eigenvalue weighted by atomic mass is 16.5. The molecule has 1 unspecified atom stereocenters. The third-order valence-corrected chi connectivity index (χ3v) is 4.51. The first-order valence-corrected chi connectivity index (χ1v) is 7.90. The molecule has 1 atom stereocenters. The summed E-state index contributed by atoms with van der Waals surface area (Å²) in [6.45, 7) is 4.29. The molecule has 0 amide bonds. The summed E-state index contributed by atoms with van der Waals surface area (Å²) in [5.74, 6) is 1.47. The molecule has 0 spiro atoms. The van der Waals surface area contributed by atoms with Crippen LogP contribution in [-0.4, -0.2) is 34.4 Å². The third kappa shape index (κ3) is 2.81. The molecule has 1 aromatic heterocycles. The van der Waals surface area contributed by atoms with E-state index >= 15 is 0 Å². The number of nitrogens with two attached hydrogens (primary N) is 1. The number of likely N-dealkylation sites (tertiary alicyclic amines) is 1. The Labute approximate surface area is 131 Å². The molecule has 1 aromatic carbocycles. The number of nitrogens with zero attached hydrogens (tertiary/aromatic N) is 3. The molecule has 0 radical (unpaired) electrons. The highest BCUT2D eigenvalue weighted by Gasteiger charge is 2.21. The molecule has 5 heteroatoms. The molecule has 1 fully saturated rings. The molecule has 5 nitrogen and oxygen atoms in total. The maximum atomic E-state index is 6.34. The highest BCUT2D eigenvalue weighted by Crippen LogP contribution is 2.27. The van der Waals surface area contributed by atoms with Crippen molar-refractivity contribution >= 4 is 5.82 Å². The normalized spacial score (nSPS) is 19.3. The van der Waals surface area contributed by atoms with Gasteiger partial charge in [-0.15, -0.1) is 0 Å². The van der Waals surface area contributed by atoms with E-state index in [1.54, 1.807) is 11.8 Å². The van der Waals surface area contributed by atoms with Crippen LogP contribution in [0, 0.1) is 0 Å². The Morgan fingerprint density at radius 3 is 2.91 bits per heavy atom. The Hall–Kier alpha value is -2.01. The van der Waals surface area contributed by atoms with Crippen LogP contribution in [-0.2, 0) is 6.54 Å². The number of anilines is 1. The number of hydrogen-bond acceptors (Lipinski definition) is 4. The summed E-state index contributed by atoms with van der Waals surface area (Å²) in [5.41, 5.74) is 8.30. The molecular weight excluding hydrogens is 276 g/mol. The second kappa shape index (κ2) is 6.40. The summed E-state index contributed by atoms with van der Waals surface area (Å²) >= 11 is 0. The van der Waals surface area contributed by atoms with E-state index in [0.29, 0.717) is 11.9 Å². The number of hydrogen-bond donors (Lipinski definition) is 1. The molecule has 3 rings (SSSR count). The quantitative estimate of drug-likeness (QED) is 0.943. The molecule has 1 aliphatic rings. The van der Waals surface area contributed by atoms with Crippen LogP contribution in [0.2, 0.25) is 0 Å². The Balaban J connectivity index is 1.85. The van der Waals surface area contributed by atoms with E-state index in [1.165, 1.54) is 19.3 Å². The van der Waals surface area contributed by atoms with Gasteiger partial charge in [0.05, 0.1) is 13.3 Å². The van der Waals surface area contributed by atoms with Crippen LogP contribution < -0.4 is 10.5 Å². The first kappa shape index (κ1) is 14.9. The standard InChI is InChI=1S/C17H24N4O/c1-13-7-5-6-10-20(13)12-14-11-19-21(17(14)18)15-8-3-4-9-16(15)22-2/h3-4,8-9,11,13H,5-7,10,12,18H2,1-2H3. The minimum absolute atomic E-state index is 0.614. The monoisotopic (exact) mass is 300 g/mol. The maximum Gasteiger partial charge on any atom is 0.144 e. The number of nitrogen functional groups attached to an aromatic ring is 1. The van der Waals surface area contributed by atoms with Gasteiger partial charge >= 0.3 is 0 Å². The molecule has 22 heavy (non-hydrogen) atoms. The summed E-state index contributed by atoms with van der Waals surface area (Å²) in [6, 6.07) is 8.41. The zero-order valence-electron chi connectivity index (χ0n) is 13.3. The van der Waals surface area contributed by atoms with Gasteiger partial charge in [0.15, 0.2) is 0 Å². The summed E-state index contributed by atoms with van der Waals surface area (Å²) in [6.07, 6.45) is 5.74. The molecule has 1 aliphatic heterocycles. The number of ether oxygens (including phenoxy) is 1. The zero-order valence-corrected chi connectivity index (χ0v) is 13.3. The first-order chi connectivity index (χ1) is 10.7. The lowest BCUT2D eigenvalue weighted by molar-refractivity contribution is 0.153. The number of aromatic nitrogens is 2. The van der Waals surface area contributed by atoms with Crippen LogP contribution in [0.4, 0.5) is 5.82 Å². The van der Waals surface area contributed by atoms with Crippen molar-refractivity contribution in [3.05, 3.63) is 36.0 Å². The van der Waals surface area contributed by atoms with Gasteiger partial charge in [-0.25, -0.2) is 4.68 Å². The Morgan fingerprint density at radius 2 is 2.14 bits per heavy atom. The predicted octanol–water partition coefficient (Wildman–Crippen LogP) is 2.84. The van der Waals surface area contributed by atoms with Crippen LogP contribution in [0.3, 0.4) is 0 Å². The van der Waals surface area contributed by atoms with Crippen LogP contribution in [0.25, 0.3) is 5.69 Å². The summed E-state index contributed by atoms with van der Waals surface area (Å²) in [5, 5.41) is 4.47. The van der Waals surface area contributed by atoms with Gasteiger partial charge in [-0.1, -0.05) is 18.6 Å². The number of benzene rings is 1. The minimum Gasteiger partial charge on any atom is -0.494 e. The summed E-state index contributed by atoms with van der Waals surface area (Å²) < 4.78 is 7.17. The van der Waals surface area contributed by atoms with Crippen molar-refractivity contribution in [3.63, 3.8) is 0 Å². The topological polar surface area (TPSA) is 56.3 Å². The lowest BCUT2D eigenvalue weighted by Gasteiger charge is -2.33. The van der Waals surface area contributed by atoms with Crippen molar-refractivity contribution in [2.45, 2.75) is 38.8 Å². The van der Waals surface area contributed by atoms with Gasteiger partial charge in [-0.2, -0.15) is 5.10 Å². The van der Waals surface area contributed by atoms with Gasteiger partial charge in [0.25, 0.3) is 0 Å². The average molecular weight is 300 g/mol. The second-order valence-electron chi connectivity index (χ2n) is 5.95. The highest BCUT2D eigenvalue weighted by molar-refractivity contribution is 5.53. The van der Waals surface area contributed by atoms with Gasteiger partial charge in [0.1, 0.15) is 17.3 Å².